The van der Waals surface area contributed by atoms with Crippen LogP contribution in [0.4, 0.5) is 0 Å². The summed E-state index contributed by atoms with van der Waals surface area (Å²) in [6, 6.07) is -3.99. The van der Waals surface area contributed by atoms with E-state index in [1.807, 2.05) is 0 Å². The predicted molar refractivity (Wildman–Crippen MR) is 201 cm³/mol. The van der Waals surface area contributed by atoms with E-state index in [0.717, 1.165) is 0 Å². The molecule has 58 heavy (non-hydrogen) atoms. The molecule has 0 aromatic heterocycles. The smallest absolute Gasteiger partial charge is 0.249 e. The Morgan fingerprint density at radius 3 is 2.22 bits per heavy atom. The van der Waals surface area contributed by atoms with Crippen molar-refractivity contribution in [1.82, 2.24) is 21.3 Å². The number of aliphatic hydroxyl groups excluding tert-OH is 6. The van der Waals surface area contributed by atoms with Crippen LogP contribution in [0.5, 0.6) is 0 Å². The average molecular weight is 839 g/mol. The Hall–Kier alpha value is -2.02. The lowest BCUT2D eigenvalue weighted by atomic mass is 9.83. The molecule has 0 bridgehead atoms. The molecular formula is C34H66N10O14. The van der Waals surface area contributed by atoms with Crippen molar-refractivity contribution in [2.75, 3.05) is 45.9 Å². The highest BCUT2D eigenvalue weighted by molar-refractivity contribution is 5.81. The third-order valence-corrected chi connectivity index (χ3v) is 11.6. The highest BCUT2D eigenvalue weighted by atomic mass is 16.8. The van der Waals surface area contributed by atoms with Crippen LogP contribution in [0.15, 0.2) is 0 Å². The summed E-state index contributed by atoms with van der Waals surface area (Å²) in [7, 11) is 0. The van der Waals surface area contributed by atoms with Gasteiger partial charge in [-0.05, 0) is 51.6 Å². The Labute approximate surface area is 336 Å². The van der Waals surface area contributed by atoms with Crippen LogP contribution in [-0.2, 0) is 33.2 Å². The SMILES string of the molecule is N=C(N)NCC[C@H](O)C(=O)N[C@@H]1C[C@H](N)[C@@H](O[C@H]2O[C@H](CNCC3(O)CCNCC3)CC[C@H]2N)[C@H](O[C@@H]2O[C@H](CO)[C@@H](O[C@H]3O[C@@H](CN)[C@@H](O)[C@H](O)[C@H]3N)[C@H]2O)[C@H]1O. The molecule has 5 fully saturated rings. The van der Waals surface area contributed by atoms with Gasteiger partial charge in [0.2, 0.25) is 5.91 Å². The summed E-state index contributed by atoms with van der Waals surface area (Å²) in [5.74, 6) is -1.19. The summed E-state index contributed by atoms with van der Waals surface area (Å²) in [5.41, 5.74) is 29.3. The summed E-state index contributed by atoms with van der Waals surface area (Å²) in [5, 5.41) is 94.6. The van der Waals surface area contributed by atoms with Gasteiger partial charge in [-0.25, -0.2) is 0 Å². The van der Waals surface area contributed by atoms with E-state index >= 15 is 0 Å². The molecule has 4 heterocycles. The first-order valence-electron chi connectivity index (χ1n) is 20.0. The van der Waals surface area contributed by atoms with Crippen LogP contribution in [0.2, 0.25) is 0 Å². The van der Waals surface area contributed by atoms with Gasteiger partial charge in [0.25, 0.3) is 0 Å². The summed E-state index contributed by atoms with van der Waals surface area (Å²) in [4.78, 5) is 13.0. The fourth-order valence-corrected chi connectivity index (χ4v) is 8.03. The standard InChI is InChI=1S/C34H66N10O14/c35-10-19-23(48)24(49)21(38)31(54-19)57-27-20(12-45)55-32(25(27)50)58-28-22(47)17(44-29(51)18(46)3-6-43-33(39)40)9-16(37)26(28)56-30-15(36)2-1-14(53-30)11-42-13-34(52)4-7-41-8-5-34/h14-28,30-32,41-42,45-50,52H,1-13,35-38H2,(H,44,51)(H4,39,40,43)/t14-,15+,16-,17+,18-,19-,20+,21+,22-,23+,24+,25+,26+,27+,28+,30+,31+,32-/m0/s1. The van der Waals surface area contributed by atoms with E-state index in [9.17, 15) is 40.5 Å². The lowest BCUT2D eigenvalue weighted by Gasteiger charge is -2.47. The lowest BCUT2D eigenvalue weighted by molar-refractivity contribution is -0.290. The molecule has 4 saturated heterocycles. The van der Waals surface area contributed by atoms with E-state index in [1.54, 1.807) is 0 Å². The van der Waals surface area contributed by atoms with Crippen LogP contribution in [-0.4, -0.2) is 209 Å². The molecule has 0 radical (unpaired) electrons. The monoisotopic (exact) mass is 838 g/mol. The first kappa shape index (κ1) is 47.0. The molecule has 24 heteroatoms. The molecule has 4 aliphatic heterocycles. The van der Waals surface area contributed by atoms with Gasteiger partial charge in [0.05, 0.1) is 36.4 Å². The Morgan fingerprint density at radius 2 is 1.55 bits per heavy atom. The molecule has 24 nitrogen and oxygen atoms in total. The zero-order valence-electron chi connectivity index (χ0n) is 32.5. The minimum Gasteiger partial charge on any atom is -0.394 e. The van der Waals surface area contributed by atoms with E-state index in [1.165, 1.54) is 0 Å². The number of carbonyl (C=O) groups is 1. The number of hydrogen-bond donors (Lipinski definition) is 17. The first-order valence-corrected chi connectivity index (χ1v) is 20.0. The van der Waals surface area contributed by atoms with Crippen molar-refractivity contribution in [3.63, 3.8) is 0 Å². The van der Waals surface area contributed by atoms with Crippen LogP contribution in [0, 0.1) is 5.41 Å². The summed E-state index contributed by atoms with van der Waals surface area (Å²) < 4.78 is 36.3. The van der Waals surface area contributed by atoms with Gasteiger partial charge in [-0.2, -0.15) is 0 Å². The average Bonchev–Trinajstić information content (AvgIpc) is 3.48. The van der Waals surface area contributed by atoms with Crippen molar-refractivity contribution in [3.05, 3.63) is 0 Å². The maximum Gasteiger partial charge on any atom is 0.249 e. The molecule has 5 rings (SSSR count). The van der Waals surface area contributed by atoms with Crippen LogP contribution >= 0.6 is 0 Å². The number of nitrogens with two attached hydrogens (primary N) is 5. The van der Waals surface area contributed by atoms with Crippen molar-refractivity contribution >= 4 is 11.9 Å². The van der Waals surface area contributed by atoms with E-state index < -0.39 is 122 Å². The second-order valence-corrected chi connectivity index (χ2v) is 16.0. The number of rotatable bonds is 17. The van der Waals surface area contributed by atoms with Gasteiger partial charge in [0.15, 0.2) is 24.8 Å². The number of carbonyl (C=O) groups excluding carboxylic acids is 1. The molecule has 22 N–H and O–H groups in total. The zero-order valence-corrected chi connectivity index (χ0v) is 32.5. The van der Waals surface area contributed by atoms with Crippen molar-refractivity contribution in [2.24, 2.45) is 28.7 Å². The largest absolute Gasteiger partial charge is 0.394 e. The summed E-state index contributed by atoms with van der Waals surface area (Å²) in [6.07, 6.45) is -16.3. The van der Waals surface area contributed by atoms with Crippen molar-refractivity contribution < 1.29 is 69.0 Å². The van der Waals surface area contributed by atoms with Crippen LogP contribution in [0.3, 0.4) is 0 Å². The Bertz CT molecular complexity index is 1310. The third kappa shape index (κ3) is 11.7. The Balaban J connectivity index is 1.30. The molecule has 0 unspecified atom stereocenters. The highest BCUT2D eigenvalue weighted by Crippen LogP contribution is 2.35. The molecule has 1 amide bonds. The Kier molecular flexibility index (Phi) is 17.2. The lowest BCUT2D eigenvalue weighted by Crippen LogP contribution is -2.67. The molecule has 336 valence electrons. The molecule has 18 atom stereocenters. The summed E-state index contributed by atoms with van der Waals surface area (Å²) >= 11 is 0. The van der Waals surface area contributed by atoms with Gasteiger partial charge in [-0.15, -0.1) is 0 Å². The fourth-order valence-electron chi connectivity index (χ4n) is 8.03. The molecular weight excluding hydrogens is 772 g/mol. The van der Waals surface area contributed by atoms with Crippen molar-refractivity contribution in [2.45, 2.75) is 154 Å². The van der Waals surface area contributed by atoms with Gasteiger partial charge < -0.3 is 114 Å². The number of aliphatic hydroxyl groups is 7. The van der Waals surface area contributed by atoms with Crippen LogP contribution in [0.1, 0.15) is 38.5 Å². The van der Waals surface area contributed by atoms with Gasteiger partial charge in [-0.1, -0.05) is 0 Å². The van der Waals surface area contributed by atoms with E-state index in [0.29, 0.717) is 51.9 Å². The minimum absolute atomic E-state index is 0.0181. The topological polar surface area (TPSA) is 416 Å². The second-order valence-electron chi connectivity index (χ2n) is 16.0. The van der Waals surface area contributed by atoms with Crippen molar-refractivity contribution in [3.8, 4) is 0 Å². The number of amides is 1. The van der Waals surface area contributed by atoms with Crippen molar-refractivity contribution in [1.29, 1.82) is 5.41 Å². The van der Waals surface area contributed by atoms with Gasteiger partial charge in [0.1, 0.15) is 61.0 Å². The van der Waals surface area contributed by atoms with E-state index in [-0.39, 0.29) is 38.0 Å². The number of ether oxygens (including phenoxy) is 6. The van der Waals surface area contributed by atoms with Crippen LogP contribution in [0.25, 0.3) is 0 Å². The maximum atomic E-state index is 13.0. The Morgan fingerprint density at radius 1 is 0.879 bits per heavy atom. The van der Waals surface area contributed by atoms with Gasteiger partial charge >= 0.3 is 0 Å². The molecule has 0 aromatic carbocycles. The maximum absolute atomic E-state index is 13.0. The molecule has 0 spiro atoms. The number of nitrogens with one attached hydrogen (secondary N) is 5. The zero-order chi connectivity index (χ0) is 42.3. The van der Waals surface area contributed by atoms with Gasteiger partial charge in [0, 0.05) is 32.2 Å². The quantitative estimate of drug-likeness (QED) is 0.0478. The molecule has 5 aliphatic rings. The number of hydrogen-bond acceptors (Lipinski definition) is 21. The predicted octanol–water partition coefficient (Wildman–Crippen LogP) is -8.70. The molecule has 1 aliphatic carbocycles. The molecule has 1 saturated carbocycles. The van der Waals surface area contributed by atoms with E-state index in [2.05, 4.69) is 21.3 Å². The summed E-state index contributed by atoms with van der Waals surface area (Å²) in [6.45, 7) is 1.33. The number of guanidine groups is 1. The normalized spacial score (nSPS) is 42.4. The van der Waals surface area contributed by atoms with Crippen LogP contribution < -0.4 is 49.9 Å². The second kappa shape index (κ2) is 21.2. The first-order chi connectivity index (χ1) is 27.5. The number of piperidine rings is 1. The fraction of sp³-hybridized carbons (Fsp3) is 0.941. The highest BCUT2D eigenvalue weighted by Gasteiger charge is 2.54. The third-order valence-electron chi connectivity index (χ3n) is 11.6. The minimum atomic E-state index is -1.68. The molecule has 0 aromatic rings. The van der Waals surface area contributed by atoms with Gasteiger partial charge in [-0.3, -0.25) is 10.2 Å². The van der Waals surface area contributed by atoms with E-state index in [4.69, 9.17) is 62.5 Å².